The molecule has 0 saturated heterocycles. The third-order valence-corrected chi connectivity index (χ3v) is 5.22. The molecule has 0 aromatic carbocycles. The lowest BCUT2D eigenvalue weighted by Crippen LogP contribution is -2.36. The maximum absolute atomic E-state index is 12.6. The van der Waals surface area contributed by atoms with Crippen LogP contribution in [0.25, 0.3) is 0 Å². The Morgan fingerprint density at radius 2 is 1.50 bits per heavy atom. The smallest absolute Gasteiger partial charge is 0.309 e. The van der Waals surface area contributed by atoms with Crippen LogP contribution in [0.1, 0.15) is 87.5 Å². The first-order chi connectivity index (χ1) is 9.91. The molecule has 1 saturated carbocycles. The molecule has 1 fully saturated rings. The zero-order chi connectivity index (χ0) is 17.1. The average molecular weight is 311 g/mol. The van der Waals surface area contributed by atoms with Gasteiger partial charge in [0.05, 0.1) is 5.92 Å². The molecular formula is C20H38O2. The van der Waals surface area contributed by atoms with Crippen LogP contribution in [-0.2, 0) is 9.53 Å². The number of carbonyl (C=O) groups is 1. The third kappa shape index (κ3) is 5.93. The van der Waals surface area contributed by atoms with Crippen molar-refractivity contribution >= 4 is 5.97 Å². The van der Waals surface area contributed by atoms with Crippen molar-refractivity contribution in [3.8, 4) is 0 Å². The van der Waals surface area contributed by atoms with E-state index in [2.05, 4.69) is 55.4 Å². The summed E-state index contributed by atoms with van der Waals surface area (Å²) < 4.78 is 5.90. The molecule has 2 nitrogen and oxygen atoms in total. The number of carbonyl (C=O) groups excluding carboxylic acids is 1. The summed E-state index contributed by atoms with van der Waals surface area (Å²) in [4.78, 5) is 12.6. The highest BCUT2D eigenvalue weighted by molar-refractivity contribution is 5.73. The van der Waals surface area contributed by atoms with Gasteiger partial charge >= 0.3 is 5.97 Å². The van der Waals surface area contributed by atoms with Crippen molar-refractivity contribution in [1.82, 2.24) is 0 Å². The Morgan fingerprint density at radius 1 is 1.00 bits per heavy atom. The van der Waals surface area contributed by atoms with Crippen LogP contribution in [0, 0.1) is 28.6 Å². The van der Waals surface area contributed by atoms with Gasteiger partial charge in [-0.3, -0.25) is 4.79 Å². The third-order valence-electron chi connectivity index (χ3n) is 5.22. The molecule has 1 aliphatic rings. The second-order valence-electron chi connectivity index (χ2n) is 9.82. The van der Waals surface area contributed by atoms with Crippen LogP contribution in [0.2, 0.25) is 0 Å². The van der Waals surface area contributed by atoms with E-state index in [0.29, 0.717) is 11.3 Å². The lowest BCUT2D eigenvalue weighted by Gasteiger charge is -2.38. The Kier molecular flexibility index (Phi) is 6.53. The van der Waals surface area contributed by atoms with Gasteiger partial charge in [-0.2, -0.15) is 0 Å². The summed E-state index contributed by atoms with van der Waals surface area (Å²) in [6.07, 6.45) is 5.50. The fourth-order valence-corrected chi connectivity index (χ4v) is 3.57. The van der Waals surface area contributed by atoms with Crippen molar-refractivity contribution < 1.29 is 9.53 Å². The summed E-state index contributed by atoms with van der Waals surface area (Å²) in [5, 5.41) is 0. The standard InChI is InChI=1S/C20H38O2/c1-14(2)13-17(20(6,7)8)18(21)22-16-11-9-15(10-12-16)19(3,4)5/h14-17H,9-13H2,1-8H3. The Labute approximate surface area is 138 Å². The van der Waals surface area contributed by atoms with Crippen LogP contribution >= 0.6 is 0 Å². The minimum absolute atomic E-state index is 0.00726. The second kappa shape index (κ2) is 7.36. The van der Waals surface area contributed by atoms with Crippen LogP contribution in [0.15, 0.2) is 0 Å². The van der Waals surface area contributed by atoms with E-state index in [1.807, 2.05) is 0 Å². The van der Waals surface area contributed by atoms with Crippen molar-refractivity contribution in [2.24, 2.45) is 28.6 Å². The van der Waals surface area contributed by atoms with E-state index >= 15 is 0 Å². The monoisotopic (exact) mass is 310 g/mol. The quantitative estimate of drug-likeness (QED) is 0.609. The van der Waals surface area contributed by atoms with Gasteiger partial charge in [0.2, 0.25) is 0 Å². The molecule has 1 unspecified atom stereocenters. The molecule has 1 aliphatic carbocycles. The first-order valence-electron chi connectivity index (χ1n) is 9.11. The van der Waals surface area contributed by atoms with Gasteiger partial charge in [0.15, 0.2) is 0 Å². The van der Waals surface area contributed by atoms with Gasteiger partial charge in [0, 0.05) is 0 Å². The number of hydrogen-bond donors (Lipinski definition) is 0. The SMILES string of the molecule is CC(C)CC(C(=O)OC1CCC(C(C)(C)C)CC1)C(C)(C)C. The highest BCUT2D eigenvalue weighted by Gasteiger charge is 2.36. The van der Waals surface area contributed by atoms with E-state index in [-0.39, 0.29) is 23.4 Å². The Bertz CT molecular complexity index is 349. The van der Waals surface area contributed by atoms with E-state index in [1.165, 1.54) is 12.8 Å². The molecule has 0 heterocycles. The topological polar surface area (TPSA) is 26.3 Å². The van der Waals surface area contributed by atoms with Crippen molar-refractivity contribution in [2.75, 3.05) is 0 Å². The van der Waals surface area contributed by atoms with E-state index in [9.17, 15) is 4.79 Å². The Balaban J connectivity index is 2.57. The van der Waals surface area contributed by atoms with E-state index in [4.69, 9.17) is 4.74 Å². The molecule has 0 amide bonds. The van der Waals surface area contributed by atoms with E-state index in [0.717, 1.165) is 25.2 Å². The number of rotatable bonds is 4. The summed E-state index contributed by atoms with van der Waals surface area (Å²) in [6.45, 7) is 17.8. The molecule has 0 aliphatic heterocycles. The maximum Gasteiger partial charge on any atom is 0.309 e. The molecule has 0 N–H and O–H groups in total. The predicted molar refractivity (Wildman–Crippen MR) is 93.7 cm³/mol. The maximum atomic E-state index is 12.6. The summed E-state index contributed by atoms with van der Waals surface area (Å²) in [5.74, 6) is 1.32. The molecule has 130 valence electrons. The molecule has 2 heteroatoms. The fourth-order valence-electron chi connectivity index (χ4n) is 3.57. The molecule has 1 rings (SSSR count). The van der Waals surface area contributed by atoms with Crippen LogP contribution in [0.4, 0.5) is 0 Å². The van der Waals surface area contributed by atoms with Crippen LogP contribution in [-0.4, -0.2) is 12.1 Å². The minimum atomic E-state index is -0.0238. The molecule has 1 atom stereocenters. The zero-order valence-electron chi connectivity index (χ0n) is 16.2. The van der Waals surface area contributed by atoms with E-state index in [1.54, 1.807) is 0 Å². The summed E-state index contributed by atoms with van der Waals surface area (Å²) in [7, 11) is 0. The van der Waals surface area contributed by atoms with Crippen molar-refractivity contribution in [2.45, 2.75) is 93.6 Å². The van der Waals surface area contributed by atoms with Crippen molar-refractivity contribution in [3.05, 3.63) is 0 Å². The Hall–Kier alpha value is -0.530. The molecule has 22 heavy (non-hydrogen) atoms. The van der Waals surface area contributed by atoms with Crippen LogP contribution in [0.3, 0.4) is 0 Å². The average Bonchev–Trinajstić information content (AvgIpc) is 2.33. The minimum Gasteiger partial charge on any atom is -0.462 e. The first kappa shape index (κ1) is 19.5. The number of hydrogen-bond acceptors (Lipinski definition) is 2. The van der Waals surface area contributed by atoms with Gasteiger partial charge in [-0.05, 0) is 54.8 Å². The van der Waals surface area contributed by atoms with E-state index < -0.39 is 0 Å². The lowest BCUT2D eigenvalue weighted by molar-refractivity contribution is -0.161. The highest BCUT2D eigenvalue weighted by Crippen LogP contribution is 2.39. The van der Waals surface area contributed by atoms with Crippen LogP contribution < -0.4 is 0 Å². The van der Waals surface area contributed by atoms with Crippen LogP contribution in [0.5, 0.6) is 0 Å². The van der Waals surface area contributed by atoms with Gasteiger partial charge in [0.1, 0.15) is 6.10 Å². The normalized spacial score (nSPS) is 25.1. The largest absolute Gasteiger partial charge is 0.462 e. The fraction of sp³-hybridized carbons (Fsp3) is 0.950. The van der Waals surface area contributed by atoms with Gasteiger partial charge in [0.25, 0.3) is 0 Å². The molecular weight excluding hydrogens is 272 g/mol. The summed E-state index contributed by atoms with van der Waals surface area (Å²) in [6, 6.07) is 0. The highest BCUT2D eigenvalue weighted by atomic mass is 16.5. The molecule has 0 radical (unpaired) electrons. The molecule has 0 aromatic rings. The second-order valence-corrected chi connectivity index (χ2v) is 9.82. The Morgan fingerprint density at radius 3 is 1.86 bits per heavy atom. The first-order valence-corrected chi connectivity index (χ1v) is 9.11. The molecule has 0 bridgehead atoms. The van der Waals surface area contributed by atoms with Crippen molar-refractivity contribution in [1.29, 1.82) is 0 Å². The zero-order valence-corrected chi connectivity index (χ0v) is 16.2. The van der Waals surface area contributed by atoms with Gasteiger partial charge in [-0.1, -0.05) is 55.4 Å². The van der Waals surface area contributed by atoms with Gasteiger partial charge in [-0.15, -0.1) is 0 Å². The van der Waals surface area contributed by atoms with Gasteiger partial charge < -0.3 is 4.74 Å². The van der Waals surface area contributed by atoms with Crippen molar-refractivity contribution in [3.63, 3.8) is 0 Å². The summed E-state index contributed by atoms with van der Waals surface area (Å²) in [5.41, 5.74) is 0.352. The van der Waals surface area contributed by atoms with Gasteiger partial charge in [-0.25, -0.2) is 0 Å². The molecule has 0 spiro atoms. The molecule has 0 aromatic heterocycles. The summed E-state index contributed by atoms with van der Waals surface area (Å²) >= 11 is 0. The number of ether oxygens (including phenoxy) is 1. The predicted octanol–water partition coefficient (Wildman–Crippen LogP) is 5.84. The lowest BCUT2D eigenvalue weighted by atomic mass is 9.72. The number of esters is 1.